The molecule has 0 spiro atoms. The van der Waals surface area contributed by atoms with Crippen molar-refractivity contribution >= 4 is 29.3 Å². The van der Waals surface area contributed by atoms with E-state index in [1.54, 1.807) is 13.3 Å². The molecule has 0 radical (unpaired) electrons. The lowest BCUT2D eigenvalue weighted by Gasteiger charge is -2.06. The number of nitrogens with zero attached hydrogens (tertiary/aromatic N) is 1. The molecule has 0 saturated heterocycles. The molecule has 3 rings (SSSR count). The van der Waals surface area contributed by atoms with Gasteiger partial charge in [-0.2, -0.15) is 0 Å². The fourth-order valence-electron chi connectivity index (χ4n) is 3.35. The van der Waals surface area contributed by atoms with Crippen LogP contribution in [0.2, 0.25) is 0 Å². The number of aromatic amines is 1. The van der Waals surface area contributed by atoms with E-state index in [9.17, 15) is 4.79 Å². The summed E-state index contributed by atoms with van der Waals surface area (Å²) in [4.78, 5) is 19.3. The van der Waals surface area contributed by atoms with Gasteiger partial charge in [-0.25, -0.2) is 0 Å². The highest BCUT2D eigenvalue weighted by Gasteiger charge is 2.14. The van der Waals surface area contributed by atoms with Gasteiger partial charge in [0.2, 0.25) is 0 Å². The van der Waals surface area contributed by atoms with Crippen LogP contribution in [-0.2, 0) is 16.0 Å². The molecule has 5 nitrogen and oxygen atoms in total. The van der Waals surface area contributed by atoms with Crippen LogP contribution >= 0.6 is 12.4 Å². The van der Waals surface area contributed by atoms with Crippen LogP contribution in [0.3, 0.4) is 0 Å². The van der Waals surface area contributed by atoms with E-state index < -0.39 is 0 Å². The van der Waals surface area contributed by atoms with E-state index in [1.165, 1.54) is 10.9 Å². The van der Waals surface area contributed by atoms with E-state index in [4.69, 9.17) is 9.47 Å². The van der Waals surface area contributed by atoms with E-state index in [0.717, 1.165) is 48.2 Å². The smallest absolute Gasteiger partial charge is 0.305 e. The van der Waals surface area contributed by atoms with Crippen molar-refractivity contribution in [3.8, 4) is 17.0 Å². The van der Waals surface area contributed by atoms with Crippen LogP contribution < -0.4 is 4.74 Å². The van der Waals surface area contributed by atoms with Crippen LogP contribution in [0.25, 0.3) is 22.2 Å². The highest BCUT2D eigenvalue weighted by molar-refractivity contribution is 5.91. The molecule has 0 amide bonds. The first-order chi connectivity index (χ1) is 13.2. The molecule has 6 heteroatoms. The predicted molar refractivity (Wildman–Crippen MR) is 114 cm³/mol. The fourth-order valence-corrected chi connectivity index (χ4v) is 3.35. The summed E-state index contributed by atoms with van der Waals surface area (Å²) in [7, 11) is 1.69. The third-order valence-corrected chi connectivity index (χ3v) is 4.68. The summed E-state index contributed by atoms with van der Waals surface area (Å²) in [6.07, 6.45) is 7.94. The van der Waals surface area contributed by atoms with Gasteiger partial charge in [0.1, 0.15) is 5.75 Å². The molecule has 0 saturated carbocycles. The minimum atomic E-state index is -0.106. The lowest BCUT2D eigenvalue weighted by molar-refractivity contribution is -0.143. The Hall–Kier alpha value is -2.53. The van der Waals surface area contributed by atoms with Crippen molar-refractivity contribution in [2.45, 2.75) is 39.0 Å². The average Bonchev–Trinajstić information content (AvgIpc) is 3.06. The monoisotopic (exact) mass is 402 g/mol. The number of carbonyl (C=O) groups excluding carboxylic acids is 1. The number of hydrogen-bond acceptors (Lipinski definition) is 4. The van der Waals surface area contributed by atoms with Gasteiger partial charge in [-0.1, -0.05) is 6.42 Å². The Labute approximate surface area is 171 Å². The van der Waals surface area contributed by atoms with E-state index in [2.05, 4.69) is 28.2 Å². The van der Waals surface area contributed by atoms with Crippen molar-refractivity contribution < 1.29 is 14.3 Å². The maximum absolute atomic E-state index is 11.5. The SMILES string of the molecule is CCOC(=O)CCCCCc1c(-c2cccnc2)[nH]c2ccc(OC)cc12.Cl. The molecule has 0 aliphatic heterocycles. The molecule has 1 aromatic carbocycles. The third kappa shape index (κ3) is 5.26. The molecule has 0 aliphatic carbocycles. The summed E-state index contributed by atoms with van der Waals surface area (Å²) in [6, 6.07) is 10.1. The van der Waals surface area contributed by atoms with E-state index in [-0.39, 0.29) is 18.4 Å². The van der Waals surface area contributed by atoms with Gasteiger partial charge >= 0.3 is 5.97 Å². The summed E-state index contributed by atoms with van der Waals surface area (Å²) in [5.74, 6) is 0.744. The largest absolute Gasteiger partial charge is 0.497 e. The van der Waals surface area contributed by atoms with Gasteiger partial charge in [-0.05, 0) is 62.1 Å². The molecule has 2 aromatic heterocycles. The van der Waals surface area contributed by atoms with Crippen LogP contribution in [0.4, 0.5) is 0 Å². The van der Waals surface area contributed by atoms with Crippen LogP contribution in [0, 0.1) is 0 Å². The number of hydrogen-bond donors (Lipinski definition) is 1. The maximum Gasteiger partial charge on any atom is 0.305 e. The Morgan fingerprint density at radius 1 is 1.18 bits per heavy atom. The minimum absolute atomic E-state index is 0. The number of H-pyrrole nitrogens is 1. The zero-order chi connectivity index (χ0) is 19.1. The molecule has 0 bridgehead atoms. The summed E-state index contributed by atoms with van der Waals surface area (Å²) in [6.45, 7) is 2.29. The second-order valence-electron chi connectivity index (χ2n) is 6.50. The number of benzene rings is 1. The number of unbranched alkanes of at least 4 members (excludes halogenated alkanes) is 2. The molecule has 1 N–H and O–H groups in total. The zero-order valence-corrected chi connectivity index (χ0v) is 17.2. The van der Waals surface area contributed by atoms with E-state index in [1.807, 2.05) is 25.3 Å². The van der Waals surface area contributed by atoms with E-state index in [0.29, 0.717) is 13.0 Å². The highest BCUT2D eigenvalue weighted by atomic mass is 35.5. The van der Waals surface area contributed by atoms with Crippen LogP contribution in [0.5, 0.6) is 5.75 Å². The average molecular weight is 403 g/mol. The second-order valence-corrected chi connectivity index (χ2v) is 6.50. The predicted octanol–water partition coefficient (Wildman–Crippen LogP) is 5.33. The lowest BCUT2D eigenvalue weighted by Crippen LogP contribution is -2.03. The molecule has 0 aliphatic rings. The Morgan fingerprint density at radius 3 is 2.75 bits per heavy atom. The first-order valence-corrected chi connectivity index (χ1v) is 9.47. The first-order valence-electron chi connectivity index (χ1n) is 9.47. The Bertz CT molecular complexity index is 893. The van der Waals surface area contributed by atoms with Gasteiger partial charge in [0.15, 0.2) is 0 Å². The molecule has 150 valence electrons. The number of nitrogens with one attached hydrogen (secondary N) is 1. The number of aryl methyl sites for hydroxylation is 1. The molecule has 0 unspecified atom stereocenters. The number of halogens is 1. The molecular formula is C22H27ClN2O3. The number of fused-ring (bicyclic) bond motifs is 1. The normalized spacial score (nSPS) is 10.5. The number of carbonyl (C=O) groups is 1. The Kier molecular flexibility index (Phi) is 8.33. The molecule has 28 heavy (non-hydrogen) atoms. The highest BCUT2D eigenvalue weighted by Crippen LogP contribution is 2.33. The van der Waals surface area contributed by atoms with Crippen molar-refractivity contribution in [3.05, 3.63) is 48.3 Å². The topological polar surface area (TPSA) is 64.2 Å². The molecular weight excluding hydrogens is 376 g/mol. The quantitative estimate of drug-likeness (QED) is 0.388. The van der Waals surface area contributed by atoms with Crippen molar-refractivity contribution in [2.75, 3.05) is 13.7 Å². The zero-order valence-electron chi connectivity index (χ0n) is 16.4. The van der Waals surface area contributed by atoms with Gasteiger partial charge in [0.25, 0.3) is 0 Å². The summed E-state index contributed by atoms with van der Waals surface area (Å²) in [5, 5.41) is 1.18. The molecule has 3 aromatic rings. The molecule has 0 fully saturated rings. The van der Waals surface area contributed by atoms with Gasteiger partial charge in [-0.15, -0.1) is 12.4 Å². The fraction of sp³-hybridized carbons (Fsp3) is 0.364. The van der Waals surface area contributed by atoms with Crippen molar-refractivity contribution in [1.82, 2.24) is 9.97 Å². The van der Waals surface area contributed by atoms with Gasteiger partial charge in [-0.3, -0.25) is 9.78 Å². The lowest BCUT2D eigenvalue weighted by atomic mass is 10.00. The van der Waals surface area contributed by atoms with Crippen LogP contribution in [-0.4, -0.2) is 29.7 Å². The number of methoxy groups -OCH3 is 1. The number of rotatable bonds is 9. The van der Waals surface area contributed by atoms with Gasteiger partial charge in [0, 0.05) is 35.3 Å². The van der Waals surface area contributed by atoms with Crippen LogP contribution in [0.1, 0.15) is 38.2 Å². The summed E-state index contributed by atoms with van der Waals surface area (Å²) >= 11 is 0. The Balaban J connectivity index is 0.00000280. The summed E-state index contributed by atoms with van der Waals surface area (Å²) in [5.41, 5.74) is 4.55. The van der Waals surface area contributed by atoms with Gasteiger partial charge < -0.3 is 14.5 Å². The first kappa shape index (κ1) is 21.8. The maximum atomic E-state index is 11.5. The third-order valence-electron chi connectivity index (χ3n) is 4.68. The molecule has 2 heterocycles. The Morgan fingerprint density at radius 2 is 2.04 bits per heavy atom. The van der Waals surface area contributed by atoms with Crippen molar-refractivity contribution in [1.29, 1.82) is 0 Å². The number of ether oxygens (including phenoxy) is 2. The standard InChI is InChI=1S/C22H26N2O3.ClH/c1-3-27-21(25)10-6-4-5-9-18-19-14-17(26-2)11-12-20(19)24-22(18)16-8-7-13-23-15-16;/h7-8,11-15,24H,3-6,9-10H2,1-2H3;1H. The van der Waals surface area contributed by atoms with Crippen molar-refractivity contribution in [3.63, 3.8) is 0 Å². The summed E-state index contributed by atoms with van der Waals surface area (Å²) < 4.78 is 10.4. The van der Waals surface area contributed by atoms with Gasteiger partial charge in [0.05, 0.1) is 19.4 Å². The number of pyridine rings is 1. The minimum Gasteiger partial charge on any atom is -0.497 e. The number of esters is 1. The molecule has 0 atom stereocenters. The van der Waals surface area contributed by atoms with Crippen LogP contribution in [0.15, 0.2) is 42.7 Å². The second kappa shape index (κ2) is 10.7. The van der Waals surface area contributed by atoms with Crippen molar-refractivity contribution in [2.24, 2.45) is 0 Å². The number of aromatic nitrogens is 2. The van der Waals surface area contributed by atoms with E-state index >= 15 is 0 Å².